The number of aliphatic hydroxyl groups is 1. The molecule has 0 atom stereocenters. The molecule has 1 N–H and O–H groups in total. The van der Waals surface area contributed by atoms with Gasteiger partial charge in [-0.1, -0.05) is 33.6 Å². The molecular formula is C7H18O. The van der Waals surface area contributed by atoms with Crippen molar-refractivity contribution in [3.8, 4) is 0 Å². The molecule has 0 aliphatic rings. The zero-order chi connectivity index (χ0) is 6.83. The topological polar surface area (TPSA) is 20.2 Å². The molecule has 0 bridgehead atoms. The summed E-state index contributed by atoms with van der Waals surface area (Å²) >= 11 is 0. The van der Waals surface area contributed by atoms with E-state index >= 15 is 0 Å². The van der Waals surface area contributed by atoms with Crippen molar-refractivity contribution in [2.75, 3.05) is 6.61 Å². The summed E-state index contributed by atoms with van der Waals surface area (Å²) in [7, 11) is 0. The molecule has 0 aromatic rings. The molecule has 52 valence electrons. The maximum absolute atomic E-state index is 7.88. The van der Waals surface area contributed by atoms with E-state index in [1.807, 2.05) is 6.92 Å². The van der Waals surface area contributed by atoms with Crippen molar-refractivity contribution in [1.29, 1.82) is 0 Å². The van der Waals surface area contributed by atoms with Gasteiger partial charge in [-0.3, -0.25) is 0 Å². The molecule has 8 heavy (non-hydrogen) atoms. The Morgan fingerprint density at radius 2 is 1.12 bits per heavy atom. The van der Waals surface area contributed by atoms with Crippen molar-refractivity contribution in [1.82, 2.24) is 0 Å². The molecule has 0 heterocycles. The second kappa shape index (κ2) is 15.8. The van der Waals surface area contributed by atoms with Crippen LogP contribution in [0.5, 0.6) is 0 Å². The minimum absolute atomic E-state index is 0.319. The Morgan fingerprint density at radius 1 is 0.875 bits per heavy atom. The van der Waals surface area contributed by atoms with Crippen LogP contribution in [0.3, 0.4) is 0 Å². The molecule has 0 rings (SSSR count). The lowest BCUT2D eigenvalue weighted by Crippen LogP contribution is -1.69. The monoisotopic (exact) mass is 118 g/mol. The Kier molecular flexibility index (Phi) is 21.4. The quantitative estimate of drug-likeness (QED) is 0.589. The summed E-state index contributed by atoms with van der Waals surface area (Å²) in [6, 6.07) is 0. The highest BCUT2D eigenvalue weighted by Crippen LogP contribution is 1.76. The lowest BCUT2D eigenvalue weighted by atomic mass is 10.4. The van der Waals surface area contributed by atoms with Crippen LogP contribution in [0.2, 0.25) is 0 Å². The zero-order valence-electron chi connectivity index (χ0n) is 6.28. The van der Waals surface area contributed by atoms with Crippen LogP contribution in [0.15, 0.2) is 0 Å². The molecule has 0 fully saturated rings. The number of aliphatic hydroxyl groups excluding tert-OH is 1. The number of rotatable bonds is 2. The van der Waals surface area contributed by atoms with Gasteiger partial charge in [-0.25, -0.2) is 0 Å². The standard InChI is InChI=1S/C4H10.C3H8O/c1-3-4-2;1-2-3-4/h3-4H2,1-2H3;4H,2-3H2,1H3. The summed E-state index contributed by atoms with van der Waals surface area (Å²) in [5.74, 6) is 0. The summed E-state index contributed by atoms with van der Waals surface area (Å²) in [6.07, 6.45) is 3.51. The molecule has 0 aromatic heterocycles. The third-order valence-electron chi connectivity index (χ3n) is 0.724. The van der Waals surface area contributed by atoms with Gasteiger partial charge in [-0.2, -0.15) is 0 Å². The van der Waals surface area contributed by atoms with Crippen molar-refractivity contribution in [3.05, 3.63) is 0 Å². The summed E-state index contributed by atoms with van der Waals surface area (Å²) in [6.45, 7) is 6.61. The molecule has 0 aliphatic heterocycles. The highest BCUT2D eigenvalue weighted by molar-refractivity contribution is 4.12. The van der Waals surface area contributed by atoms with Crippen molar-refractivity contribution >= 4 is 0 Å². The first-order valence-electron chi connectivity index (χ1n) is 3.44. The molecule has 0 saturated carbocycles. The number of hydrogen-bond donors (Lipinski definition) is 1. The predicted octanol–water partition coefficient (Wildman–Crippen LogP) is 2.20. The van der Waals surface area contributed by atoms with Gasteiger partial charge in [-0.05, 0) is 6.42 Å². The van der Waals surface area contributed by atoms with Crippen molar-refractivity contribution in [3.63, 3.8) is 0 Å². The molecule has 0 saturated heterocycles. The fourth-order valence-electron chi connectivity index (χ4n) is 0. The van der Waals surface area contributed by atoms with Gasteiger partial charge in [0.2, 0.25) is 0 Å². The summed E-state index contributed by atoms with van der Waals surface area (Å²) in [5, 5.41) is 7.88. The molecule has 0 aromatic carbocycles. The van der Waals surface area contributed by atoms with Gasteiger partial charge < -0.3 is 5.11 Å². The van der Waals surface area contributed by atoms with E-state index in [0.717, 1.165) is 6.42 Å². The molecule has 1 nitrogen and oxygen atoms in total. The third kappa shape index (κ3) is 38.2. The van der Waals surface area contributed by atoms with Gasteiger partial charge in [0.05, 0.1) is 0 Å². The highest BCUT2D eigenvalue weighted by atomic mass is 16.2. The summed E-state index contributed by atoms with van der Waals surface area (Å²) in [5.41, 5.74) is 0. The van der Waals surface area contributed by atoms with Gasteiger partial charge in [0, 0.05) is 6.61 Å². The second-order valence-electron chi connectivity index (χ2n) is 1.72. The van der Waals surface area contributed by atoms with E-state index in [-0.39, 0.29) is 0 Å². The van der Waals surface area contributed by atoms with E-state index in [1.165, 1.54) is 12.8 Å². The Morgan fingerprint density at radius 3 is 1.12 bits per heavy atom. The number of hydrogen-bond acceptors (Lipinski definition) is 1. The highest BCUT2D eigenvalue weighted by Gasteiger charge is 1.57. The van der Waals surface area contributed by atoms with Gasteiger partial charge in [0.25, 0.3) is 0 Å². The summed E-state index contributed by atoms with van der Waals surface area (Å²) in [4.78, 5) is 0. The van der Waals surface area contributed by atoms with Crippen LogP contribution in [0.4, 0.5) is 0 Å². The normalized spacial score (nSPS) is 7.50. The Labute approximate surface area is 52.7 Å². The van der Waals surface area contributed by atoms with Crippen molar-refractivity contribution in [2.45, 2.75) is 40.0 Å². The van der Waals surface area contributed by atoms with Crippen LogP contribution in [-0.4, -0.2) is 11.7 Å². The number of unbranched alkanes of at least 4 members (excludes halogenated alkanes) is 1. The van der Waals surface area contributed by atoms with Crippen molar-refractivity contribution in [2.24, 2.45) is 0 Å². The molecule has 0 spiro atoms. The smallest absolute Gasteiger partial charge is 0.0428 e. The van der Waals surface area contributed by atoms with E-state index in [1.54, 1.807) is 0 Å². The van der Waals surface area contributed by atoms with E-state index in [0.29, 0.717) is 6.61 Å². The summed E-state index contributed by atoms with van der Waals surface area (Å²) < 4.78 is 0. The average Bonchev–Trinajstić information content (AvgIpc) is 1.88. The lowest BCUT2D eigenvalue weighted by molar-refractivity contribution is 0.295. The van der Waals surface area contributed by atoms with E-state index in [9.17, 15) is 0 Å². The minimum atomic E-state index is 0.319. The largest absolute Gasteiger partial charge is 0.396 e. The Balaban J connectivity index is 0. The fourth-order valence-corrected chi connectivity index (χ4v) is 0. The van der Waals surface area contributed by atoms with Gasteiger partial charge in [-0.15, -0.1) is 0 Å². The predicted molar refractivity (Wildman–Crippen MR) is 38.0 cm³/mol. The third-order valence-corrected chi connectivity index (χ3v) is 0.724. The van der Waals surface area contributed by atoms with Crippen LogP contribution in [-0.2, 0) is 0 Å². The Hall–Kier alpha value is -0.0400. The van der Waals surface area contributed by atoms with E-state index < -0.39 is 0 Å². The van der Waals surface area contributed by atoms with Crippen molar-refractivity contribution < 1.29 is 5.11 Å². The first-order valence-corrected chi connectivity index (χ1v) is 3.44. The van der Waals surface area contributed by atoms with Crippen LogP contribution in [0.1, 0.15) is 40.0 Å². The minimum Gasteiger partial charge on any atom is -0.396 e. The van der Waals surface area contributed by atoms with Gasteiger partial charge >= 0.3 is 0 Å². The maximum Gasteiger partial charge on any atom is 0.0428 e. The van der Waals surface area contributed by atoms with Crippen LogP contribution >= 0.6 is 0 Å². The molecule has 0 radical (unpaired) electrons. The molecular weight excluding hydrogens is 100 g/mol. The second-order valence-corrected chi connectivity index (χ2v) is 1.72. The average molecular weight is 118 g/mol. The van der Waals surface area contributed by atoms with Gasteiger partial charge in [0.15, 0.2) is 0 Å². The molecule has 0 amide bonds. The van der Waals surface area contributed by atoms with Crippen LogP contribution < -0.4 is 0 Å². The van der Waals surface area contributed by atoms with E-state index in [2.05, 4.69) is 13.8 Å². The fraction of sp³-hybridized carbons (Fsp3) is 1.00. The van der Waals surface area contributed by atoms with Crippen LogP contribution in [0.25, 0.3) is 0 Å². The van der Waals surface area contributed by atoms with Gasteiger partial charge in [0.1, 0.15) is 0 Å². The molecule has 0 aliphatic carbocycles. The van der Waals surface area contributed by atoms with Crippen LogP contribution in [0, 0.1) is 0 Å². The first-order chi connectivity index (χ1) is 3.83. The SMILES string of the molecule is CCCC.CCCO. The molecule has 1 heteroatoms. The lowest BCUT2D eigenvalue weighted by Gasteiger charge is -1.69. The van der Waals surface area contributed by atoms with E-state index in [4.69, 9.17) is 5.11 Å². The first kappa shape index (κ1) is 10.9. The Bertz CT molecular complexity index is 12.3. The maximum atomic E-state index is 7.88. The molecule has 0 unspecified atom stereocenters. The zero-order valence-corrected chi connectivity index (χ0v) is 6.28.